The molecule has 1 aromatic heterocycles. The number of halogens is 1. The SMILES string of the molecule is CC(CCN)c1cccc2c1c(Br)cn2C. The topological polar surface area (TPSA) is 30.9 Å². The molecule has 16 heavy (non-hydrogen) atoms. The van der Waals surface area contributed by atoms with Gasteiger partial charge in [0.25, 0.3) is 0 Å². The van der Waals surface area contributed by atoms with E-state index >= 15 is 0 Å². The summed E-state index contributed by atoms with van der Waals surface area (Å²) in [5.74, 6) is 0.507. The third kappa shape index (κ3) is 1.89. The Kier molecular flexibility index (Phi) is 3.36. The summed E-state index contributed by atoms with van der Waals surface area (Å²) < 4.78 is 3.32. The molecule has 0 saturated heterocycles. The number of aromatic nitrogens is 1. The first-order chi connectivity index (χ1) is 7.65. The molecule has 0 spiro atoms. The van der Waals surface area contributed by atoms with Gasteiger partial charge in [0.2, 0.25) is 0 Å². The fourth-order valence-corrected chi connectivity index (χ4v) is 2.97. The normalized spacial score (nSPS) is 13.2. The van der Waals surface area contributed by atoms with Crippen LogP contribution in [0, 0.1) is 0 Å². The van der Waals surface area contributed by atoms with Crippen molar-refractivity contribution in [2.24, 2.45) is 12.8 Å². The maximum atomic E-state index is 5.64. The van der Waals surface area contributed by atoms with Crippen LogP contribution in [-0.4, -0.2) is 11.1 Å². The van der Waals surface area contributed by atoms with Gasteiger partial charge in [0.05, 0.1) is 0 Å². The Balaban J connectivity index is 2.61. The first-order valence-electron chi connectivity index (χ1n) is 5.58. The van der Waals surface area contributed by atoms with Crippen molar-refractivity contribution in [2.75, 3.05) is 6.54 Å². The molecule has 0 saturated carbocycles. The molecule has 1 aromatic carbocycles. The van der Waals surface area contributed by atoms with E-state index in [2.05, 4.69) is 58.9 Å². The smallest absolute Gasteiger partial charge is 0.0492 e. The Morgan fingerprint density at radius 1 is 1.44 bits per heavy atom. The molecule has 0 bridgehead atoms. The summed E-state index contributed by atoms with van der Waals surface area (Å²) in [7, 11) is 2.07. The molecule has 0 radical (unpaired) electrons. The molecule has 0 aliphatic rings. The van der Waals surface area contributed by atoms with Crippen LogP contribution in [0.4, 0.5) is 0 Å². The van der Waals surface area contributed by atoms with Gasteiger partial charge in [-0.05, 0) is 46.4 Å². The molecule has 86 valence electrons. The summed E-state index contributed by atoms with van der Waals surface area (Å²) in [6, 6.07) is 6.48. The van der Waals surface area contributed by atoms with Gasteiger partial charge in [0.15, 0.2) is 0 Å². The molecule has 1 atom stereocenters. The van der Waals surface area contributed by atoms with Crippen LogP contribution < -0.4 is 5.73 Å². The minimum absolute atomic E-state index is 0.507. The Morgan fingerprint density at radius 3 is 2.88 bits per heavy atom. The second kappa shape index (κ2) is 4.60. The van der Waals surface area contributed by atoms with Crippen molar-refractivity contribution < 1.29 is 0 Å². The maximum absolute atomic E-state index is 5.64. The van der Waals surface area contributed by atoms with Crippen LogP contribution in [0.3, 0.4) is 0 Å². The Morgan fingerprint density at radius 2 is 2.19 bits per heavy atom. The van der Waals surface area contributed by atoms with Gasteiger partial charge in [-0.3, -0.25) is 0 Å². The number of nitrogens with two attached hydrogens (primary N) is 1. The lowest BCUT2D eigenvalue weighted by molar-refractivity contribution is 0.695. The van der Waals surface area contributed by atoms with Gasteiger partial charge < -0.3 is 10.3 Å². The zero-order valence-corrected chi connectivity index (χ0v) is 11.3. The number of aryl methyl sites for hydroxylation is 1. The number of rotatable bonds is 3. The minimum Gasteiger partial charge on any atom is -0.349 e. The van der Waals surface area contributed by atoms with Gasteiger partial charge in [0, 0.05) is 28.6 Å². The molecule has 3 heteroatoms. The summed E-state index contributed by atoms with van der Waals surface area (Å²) >= 11 is 3.64. The number of benzene rings is 1. The molecule has 1 unspecified atom stereocenters. The zero-order valence-electron chi connectivity index (χ0n) is 9.70. The maximum Gasteiger partial charge on any atom is 0.0492 e. The van der Waals surface area contributed by atoms with Crippen LogP contribution >= 0.6 is 15.9 Å². The van der Waals surface area contributed by atoms with Crippen molar-refractivity contribution >= 4 is 26.8 Å². The summed E-state index contributed by atoms with van der Waals surface area (Å²) in [6.07, 6.45) is 3.14. The van der Waals surface area contributed by atoms with Crippen LogP contribution in [0.2, 0.25) is 0 Å². The van der Waals surface area contributed by atoms with Gasteiger partial charge in [0.1, 0.15) is 0 Å². The summed E-state index contributed by atoms with van der Waals surface area (Å²) in [6.45, 7) is 2.98. The van der Waals surface area contributed by atoms with E-state index in [0.717, 1.165) is 13.0 Å². The van der Waals surface area contributed by atoms with Crippen molar-refractivity contribution in [1.29, 1.82) is 0 Å². The van der Waals surface area contributed by atoms with E-state index in [9.17, 15) is 0 Å². The molecule has 0 fully saturated rings. The molecule has 0 aliphatic carbocycles. The van der Waals surface area contributed by atoms with Crippen LogP contribution in [0.5, 0.6) is 0 Å². The second-order valence-corrected chi connectivity index (χ2v) is 5.16. The predicted octanol–water partition coefficient (Wildman–Crippen LogP) is 3.39. The predicted molar refractivity (Wildman–Crippen MR) is 72.7 cm³/mol. The number of fused-ring (bicyclic) bond motifs is 1. The van der Waals surface area contributed by atoms with Gasteiger partial charge in [-0.2, -0.15) is 0 Å². The molecule has 1 heterocycles. The lowest BCUT2D eigenvalue weighted by Crippen LogP contribution is -2.04. The number of hydrogen-bond acceptors (Lipinski definition) is 1. The minimum atomic E-state index is 0.507. The van der Waals surface area contributed by atoms with Gasteiger partial charge in [-0.15, -0.1) is 0 Å². The summed E-state index contributed by atoms with van der Waals surface area (Å²) in [5, 5.41) is 1.32. The molecular formula is C13H17BrN2. The Hall–Kier alpha value is -0.800. The quantitative estimate of drug-likeness (QED) is 0.918. The van der Waals surface area contributed by atoms with Crippen LogP contribution in [0.15, 0.2) is 28.9 Å². The van der Waals surface area contributed by atoms with E-state index in [0.29, 0.717) is 5.92 Å². The van der Waals surface area contributed by atoms with E-state index in [1.807, 2.05) is 0 Å². The highest BCUT2D eigenvalue weighted by atomic mass is 79.9. The van der Waals surface area contributed by atoms with Crippen molar-refractivity contribution in [3.8, 4) is 0 Å². The van der Waals surface area contributed by atoms with Gasteiger partial charge in [-0.25, -0.2) is 0 Å². The van der Waals surface area contributed by atoms with E-state index in [-0.39, 0.29) is 0 Å². The fourth-order valence-electron chi connectivity index (χ4n) is 2.23. The lowest BCUT2D eigenvalue weighted by atomic mass is 9.95. The first-order valence-corrected chi connectivity index (χ1v) is 6.38. The monoisotopic (exact) mass is 280 g/mol. The van der Waals surface area contributed by atoms with E-state index in [1.54, 1.807) is 0 Å². The average molecular weight is 281 g/mol. The highest BCUT2D eigenvalue weighted by molar-refractivity contribution is 9.10. The molecular weight excluding hydrogens is 264 g/mol. The Labute approximate surface area is 105 Å². The highest BCUT2D eigenvalue weighted by Crippen LogP contribution is 2.33. The third-order valence-electron chi connectivity index (χ3n) is 3.13. The summed E-state index contributed by atoms with van der Waals surface area (Å²) in [5.41, 5.74) is 8.29. The molecule has 0 amide bonds. The first kappa shape index (κ1) is 11.7. The molecule has 2 aromatic rings. The molecule has 0 aliphatic heterocycles. The zero-order chi connectivity index (χ0) is 11.7. The van der Waals surface area contributed by atoms with Crippen LogP contribution in [-0.2, 0) is 7.05 Å². The number of nitrogens with zero attached hydrogens (tertiary/aromatic N) is 1. The van der Waals surface area contributed by atoms with Crippen LogP contribution in [0.25, 0.3) is 10.9 Å². The highest BCUT2D eigenvalue weighted by Gasteiger charge is 2.13. The van der Waals surface area contributed by atoms with E-state index < -0.39 is 0 Å². The Bertz CT molecular complexity index is 502. The molecule has 2 rings (SSSR count). The molecule has 2 nitrogen and oxygen atoms in total. The second-order valence-electron chi connectivity index (χ2n) is 4.31. The van der Waals surface area contributed by atoms with Crippen molar-refractivity contribution in [2.45, 2.75) is 19.3 Å². The van der Waals surface area contributed by atoms with Crippen molar-refractivity contribution in [3.63, 3.8) is 0 Å². The van der Waals surface area contributed by atoms with E-state index in [1.165, 1.54) is 20.9 Å². The fraction of sp³-hybridized carbons (Fsp3) is 0.385. The number of hydrogen-bond donors (Lipinski definition) is 1. The van der Waals surface area contributed by atoms with Gasteiger partial charge >= 0.3 is 0 Å². The van der Waals surface area contributed by atoms with E-state index in [4.69, 9.17) is 5.73 Å². The molecule has 2 N–H and O–H groups in total. The third-order valence-corrected chi connectivity index (χ3v) is 3.73. The van der Waals surface area contributed by atoms with Gasteiger partial charge in [-0.1, -0.05) is 19.1 Å². The van der Waals surface area contributed by atoms with Crippen molar-refractivity contribution in [1.82, 2.24) is 4.57 Å². The van der Waals surface area contributed by atoms with Crippen molar-refractivity contribution in [3.05, 3.63) is 34.4 Å². The average Bonchev–Trinajstić information content (AvgIpc) is 2.55. The summed E-state index contributed by atoms with van der Waals surface area (Å²) in [4.78, 5) is 0. The van der Waals surface area contributed by atoms with Crippen LogP contribution in [0.1, 0.15) is 24.8 Å². The lowest BCUT2D eigenvalue weighted by Gasteiger charge is -2.12. The largest absolute Gasteiger partial charge is 0.349 e. The standard InChI is InChI=1S/C13H17BrN2/c1-9(6-7-15)10-4-3-5-12-13(10)11(14)8-16(12)2/h3-5,8-9H,6-7,15H2,1-2H3.